The molecule has 0 aliphatic carbocycles. The first-order chi connectivity index (χ1) is 11.0. The highest BCUT2D eigenvalue weighted by Gasteiger charge is 2.31. The van der Waals surface area contributed by atoms with Gasteiger partial charge in [-0.05, 0) is 30.3 Å². The van der Waals surface area contributed by atoms with Crippen LogP contribution in [0.2, 0.25) is 0 Å². The highest BCUT2D eigenvalue weighted by molar-refractivity contribution is 7.92. The Hall–Kier alpha value is -2.62. The molecule has 0 radical (unpaired) electrons. The SMILES string of the molecule is CS(=O)(=O)Nc1cc(NC(=O)c2cccnc2)cc(C(F)(F)F)c1. The Bertz CT molecular complexity index is 853. The number of carbonyl (C=O) groups excluding carboxylic acids is 1. The maximum absolute atomic E-state index is 12.9. The van der Waals surface area contributed by atoms with E-state index in [1.54, 1.807) is 0 Å². The molecule has 128 valence electrons. The van der Waals surface area contributed by atoms with Gasteiger partial charge < -0.3 is 5.32 Å². The number of pyridine rings is 1. The van der Waals surface area contributed by atoms with E-state index in [4.69, 9.17) is 0 Å². The van der Waals surface area contributed by atoms with Crippen LogP contribution in [0.1, 0.15) is 15.9 Å². The summed E-state index contributed by atoms with van der Waals surface area (Å²) in [5.41, 5.74) is -1.47. The molecule has 0 aliphatic rings. The van der Waals surface area contributed by atoms with E-state index in [9.17, 15) is 26.4 Å². The standard InChI is InChI=1S/C14H12F3N3O3S/c1-24(22,23)20-12-6-10(14(15,16)17)5-11(7-12)19-13(21)9-3-2-4-18-8-9/h2-8,20H,1H3,(H,19,21). The third-order valence-electron chi connectivity index (χ3n) is 2.75. The first-order valence-corrected chi connectivity index (χ1v) is 8.35. The number of rotatable bonds is 4. The molecule has 1 heterocycles. The average Bonchev–Trinajstić information content (AvgIpc) is 2.45. The molecular weight excluding hydrogens is 347 g/mol. The fourth-order valence-electron chi connectivity index (χ4n) is 1.84. The Morgan fingerprint density at radius 2 is 1.83 bits per heavy atom. The molecule has 2 N–H and O–H groups in total. The van der Waals surface area contributed by atoms with Gasteiger partial charge in [0.1, 0.15) is 0 Å². The summed E-state index contributed by atoms with van der Waals surface area (Å²) in [4.78, 5) is 15.7. The lowest BCUT2D eigenvalue weighted by Gasteiger charge is -2.13. The lowest BCUT2D eigenvalue weighted by molar-refractivity contribution is -0.137. The number of carbonyl (C=O) groups is 1. The molecule has 0 bridgehead atoms. The molecule has 0 spiro atoms. The molecule has 1 aromatic heterocycles. The fourth-order valence-corrected chi connectivity index (χ4v) is 2.38. The number of aromatic nitrogens is 1. The predicted molar refractivity (Wildman–Crippen MR) is 82.1 cm³/mol. The van der Waals surface area contributed by atoms with Gasteiger partial charge in [0.15, 0.2) is 0 Å². The second kappa shape index (κ2) is 6.48. The maximum Gasteiger partial charge on any atom is 0.416 e. The van der Waals surface area contributed by atoms with Crippen molar-refractivity contribution < 1.29 is 26.4 Å². The van der Waals surface area contributed by atoms with E-state index in [0.29, 0.717) is 12.1 Å². The number of hydrogen-bond donors (Lipinski definition) is 2. The zero-order valence-corrected chi connectivity index (χ0v) is 13.1. The third-order valence-corrected chi connectivity index (χ3v) is 3.35. The molecule has 10 heteroatoms. The van der Waals surface area contributed by atoms with Crippen molar-refractivity contribution in [3.8, 4) is 0 Å². The van der Waals surface area contributed by atoms with E-state index < -0.39 is 27.7 Å². The summed E-state index contributed by atoms with van der Waals surface area (Å²) in [5, 5.41) is 2.28. The van der Waals surface area contributed by atoms with Gasteiger partial charge in [0, 0.05) is 18.1 Å². The first-order valence-electron chi connectivity index (χ1n) is 6.46. The van der Waals surface area contributed by atoms with Crippen LogP contribution in [0, 0.1) is 0 Å². The van der Waals surface area contributed by atoms with Crippen LogP contribution in [0.25, 0.3) is 0 Å². The van der Waals surface area contributed by atoms with Gasteiger partial charge in [0.05, 0.1) is 23.1 Å². The van der Waals surface area contributed by atoms with Crippen molar-refractivity contribution in [3.63, 3.8) is 0 Å². The molecule has 0 saturated carbocycles. The molecule has 1 aromatic carbocycles. The van der Waals surface area contributed by atoms with Crippen LogP contribution in [0.5, 0.6) is 0 Å². The molecule has 0 atom stereocenters. The monoisotopic (exact) mass is 359 g/mol. The Labute approximate surface area is 135 Å². The summed E-state index contributed by atoms with van der Waals surface area (Å²) in [7, 11) is -3.78. The Morgan fingerprint density at radius 3 is 2.38 bits per heavy atom. The lowest BCUT2D eigenvalue weighted by Crippen LogP contribution is -2.15. The summed E-state index contributed by atoms with van der Waals surface area (Å²) >= 11 is 0. The quantitative estimate of drug-likeness (QED) is 0.879. The molecule has 2 rings (SSSR count). The van der Waals surface area contributed by atoms with Crippen molar-refractivity contribution in [2.24, 2.45) is 0 Å². The van der Waals surface area contributed by atoms with Crippen LogP contribution in [0.15, 0.2) is 42.7 Å². The maximum atomic E-state index is 12.9. The Balaban J connectivity index is 2.38. The number of amides is 1. The minimum absolute atomic E-state index is 0.146. The molecule has 0 unspecified atom stereocenters. The number of hydrogen-bond acceptors (Lipinski definition) is 4. The summed E-state index contributed by atoms with van der Waals surface area (Å²) in [5.74, 6) is -0.673. The van der Waals surface area contributed by atoms with Gasteiger partial charge in [0.25, 0.3) is 5.91 Å². The van der Waals surface area contributed by atoms with Crippen LogP contribution in [0.3, 0.4) is 0 Å². The highest BCUT2D eigenvalue weighted by atomic mass is 32.2. The highest BCUT2D eigenvalue weighted by Crippen LogP contribution is 2.33. The number of alkyl halides is 3. The van der Waals surface area contributed by atoms with Gasteiger partial charge in [-0.1, -0.05) is 0 Å². The van der Waals surface area contributed by atoms with Crippen LogP contribution in [-0.4, -0.2) is 25.6 Å². The van der Waals surface area contributed by atoms with E-state index in [0.717, 1.165) is 12.3 Å². The smallest absolute Gasteiger partial charge is 0.322 e. The number of sulfonamides is 1. The van der Waals surface area contributed by atoms with E-state index in [2.05, 4.69) is 10.3 Å². The van der Waals surface area contributed by atoms with E-state index in [-0.39, 0.29) is 16.9 Å². The zero-order valence-electron chi connectivity index (χ0n) is 12.3. The van der Waals surface area contributed by atoms with Gasteiger partial charge in [-0.2, -0.15) is 13.2 Å². The Kier molecular flexibility index (Phi) is 4.78. The number of halogens is 3. The number of benzene rings is 1. The lowest BCUT2D eigenvalue weighted by atomic mass is 10.1. The normalized spacial score (nSPS) is 11.8. The van der Waals surface area contributed by atoms with Crippen molar-refractivity contribution >= 4 is 27.3 Å². The summed E-state index contributed by atoms with van der Waals surface area (Å²) < 4.78 is 63.2. The Morgan fingerprint density at radius 1 is 1.17 bits per heavy atom. The van der Waals surface area contributed by atoms with Gasteiger partial charge >= 0.3 is 6.18 Å². The minimum Gasteiger partial charge on any atom is -0.322 e. The summed E-state index contributed by atoms with van der Waals surface area (Å²) in [6.45, 7) is 0. The van der Waals surface area contributed by atoms with Gasteiger partial charge in [-0.25, -0.2) is 8.42 Å². The average molecular weight is 359 g/mol. The zero-order chi connectivity index (χ0) is 18.0. The number of nitrogens with zero attached hydrogens (tertiary/aromatic N) is 1. The fraction of sp³-hybridized carbons (Fsp3) is 0.143. The predicted octanol–water partition coefficient (Wildman–Crippen LogP) is 2.72. The van der Waals surface area contributed by atoms with Crippen molar-refractivity contribution in [2.75, 3.05) is 16.3 Å². The minimum atomic E-state index is -4.71. The molecule has 0 fully saturated rings. The topological polar surface area (TPSA) is 88.2 Å². The number of anilines is 2. The van der Waals surface area contributed by atoms with Crippen molar-refractivity contribution in [3.05, 3.63) is 53.9 Å². The molecule has 0 saturated heterocycles. The molecule has 2 aromatic rings. The largest absolute Gasteiger partial charge is 0.416 e. The second-order valence-corrected chi connectivity index (χ2v) is 6.62. The van der Waals surface area contributed by atoms with Crippen molar-refractivity contribution in [1.82, 2.24) is 4.98 Å². The van der Waals surface area contributed by atoms with Crippen LogP contribution >= 0.6 is 0 Å². The van der Waals surface area contributed by atoms with Gasteiger partial charge in [-0.15, -0.1) is 0 Å². The number of nitrogens with one attached hydrogen (secondary N) is 2. The van der Waals surface area contributed by atoms with Gasteiger partial charge in [0.2, 0.25) is 10.0 Å². The van der Waals surface area contributed by atoms with Crippen LogP contribution in [0.4, 0.5) is 24.5 Å². The van der Waals surface area contributed by atoms with Gasteiger partial charge in [-0.3, -0.25) is 14.5 Å². The molecule has 0 aliphatic heterocycles. The van der Waals surface area contributed by atoms with Crippen LogP contribution < -0.4 is 10.0 Å². The van der Waals surface area contributed by atoms with Crippen LogP contribution in [-0.2, 0) is 16.2 Å². The van der Waals surface area contributed by atoms with Crippen molar-refractivity contribution in [1.29, 1.82) is 0 Å². The van der Waals surface area contributed by atoms with E-state index in [1.165, 1.54) is 24.5 Å². The second-order valence-electron chi connectivity index (χ2n) is 4.87. The summed E-state index contributed by atoms with van der Waals surface area (Å²) in [6, 6.07) is 5.37. The van der Waals surface area contributed by atoms with E-state index >= 15 is 0 Å². The third kappa shape index (κ3) is 4.95. The first kappa shape index (κ1) is 17.7. The molecule has 6 nitrogen and oxygen atoms in total. The van der Waals surface area contributed by atoms with E-state index in [1.807, 2.05) is 4.72 Å². The molecule has 1 amide bonds. The molecule has 24 heavy (non-hydrogen) atoms. The molecular formula is C14H12F3N3O3S. The summed E-state index contributed by atoms with van der Waals surface area (Å²) in [6.07, 6.45) is -1.21. The van der Waals surface area contributed by atoms with Crippen molar-refractivity contribution in [2.45, 2.75) is 6.18 Å².